The summed E-state index contributed by atoms with van der Waals surface area (Å²) in [6.07, 6.45) is 5.04. The van der Waals surface area contributed by atoms with Crippen molar-refractivity contribution in [1.29, 1.82) is 0 Å². The summed E-state index contributed by atoms with van der Waals surface area (Å²) >= 11 is 7.10. The van der Waals surface area contributed by atoms with Crippen LogP contribution in [0.15, 0.2) is 105 Å². The van der Waals surface area contributed by atoms with Gasteiger partial charge >= 0.3 is 0 Å². The molecule has 0 radical (unpaired) electrons. The third-order valence-corrected chi connectivity index (χ3v) is 8.25. The molecule has 3 aromatic rings. The second-order valence-electron chi connectivity index (χ2n) is 10.6. The summed E-state index contributed by atoms with van der Waals surface area (Å²) < 4.78 is 2.06. The van der Waals surface area contributed by atoms with Crippen LogP contribution in [-0.2, 0) is 4.79 Å². The van der Waals surface area contributed by atoms with Crippen LogP contribution in [0.5, 0.6) is 0 Å². The first kappa shape index (κ1) is 25.7. The van der Waals surface area contributed by atoms with Crippen molar-refractivity contribution in [3.8, 4) is 0 Å². The molecule has 1 N–H and O–H groups in total. The van der Waals surface area contributed by atoms with E-state index < -0.39 is 0 Å². The lowest BCUT2D eigenvalue weighted by molar-refractivity contribution is -0.113. The standard InChI is InChI=1S/C32H30Br2N2O/c1-32(2)19-29-30(31(37)27(32)17-20-5-15-25(16-6-20)36(3)4)26(21-7-11-23(33)12-8-21)18-28(35-29)22-9-13-24(34)14-10-22/h5-18,26,35H,19H2,1-4H3/b27-17+. The Labute approximate surface area is 236 Å². The van der Waals surface area contributed by atoms with E-state index in [4.69, 9.17) is 0 Å². The highest BCUT2D eigenvalue weighted by Crippen LogP contribution is 2.48. The van der Waals surface area contributed by atoms with Crippen molar-refractivity contribution in [3.05, 3.63) is 121 Å². The zero-order valence-corrected chi connectivity index (χ0v) is 24.7. The molecule has 1 unspecified atom stereocenters. The van der Waals surface area contributed by atoms with Crippen LogP contribution in [0.25, 0.3) is 11.8 Å². The topological polar surface area (TPSA) is 32.3 Å². The molecule has 188 valence electrons. The number of ketones is 1. The summed E-state index contributed by atoms with van der Waals surface area (Å²) in [5.41, 5.74) is 7.83. The normalized spacial score (nSPS) is 19.8. The summed E-state index contributed by atoms with van der Waals surface area (Å²) in [6, 6.07) is 25.0. The Hall–Kier alpha value is -2.89. The number of carbonyl (C=O) groups excluding carboxylic acids is 1. The molecule has 5 heteroatoms. The minimum atomic E-state index is -0.310. The van der Waals surface area contributed by atoms with E-state index in [1.54, 1.807) is 0 Å². The van der Waals surface area contributed by atoms with Gasteiger partial charge < -0.3 is 10.2 Å². The van der Waals surface area contributed by atoms with Crippen LogP contribution >= 0.6 is 31.9 Å². The van der Waals surface area contributed by atoms with Crippen molar-refractivity contribution >= 4 is 55.1 Å². The maximum atomic E-state index is 14.3. The largest absolute Gasteiger partial charge is 0.378 e. The van der Waals surface area contributed by atoms with Crippen molar-refractivity contribution in [1.82, 2.24) is 5.32 Å². The predicted molar refractivity (Wildman–Crippen MR) is 161 cm³/mol. The first-order valence-electron chi connectivity index (χ1n) is 12.4. The number of rotatable bonds is 4. The van der Waals surface area contributed by atoms with E-state index in [9.17, 15) is 4.79 Å². The molecule has 0 amide bonds. The monoisotopic (exact) mass is 616 g/mol. The number of allylic oxidation sites excluding steroid dienone is 4. The smallest absolute Gasteiger partial charge is 0.188 e. The molecule has 1 heterocycles. The zero-order chi connectivity index (χ0) is 26.3. The first-order chi connectivity index (χ1) is 17.6. The number of Topliss-reactive ketones (excluding diaryl/α,β-unsaturated/α-hetero) is 1. The van der Waals surface area contributed by atoms with E-state index in [1.807, 2.05) is 26.2 Å². The number of nitrogens with zero attached hydrogens (tertiary/aromatic N) is 1. The molecule has 1 aliphatic heterocycles. The van der Waals surface area contributed by atoms with Crippen LogP contribution in [-0.4, -0.2) is 19.9 Å². The number of hydrogen-bond donors (Lipinski definition) is 1. The molecule has 0 bridgehead atoms. The van der Waals surface area contributed by atoms with Crippen LogP contribution in [0.4, 0.5) is 5.69 Å². The van der Waals surface area contributed by atoms with E-state index in [1.165, 1.54) is 0 Å². The van der Waals surface area contributed by atoms with Gasteiger partial charge in [-0.1, -0.05) is 82.1 Å². The Morgan fingerprint density at radius 1 is 0.892 bits per heavy atom. The van der Waals surface area contributed by atoms with Crippen molar-refractivity contribution in [2.75, 3.05) is 19.0 Å². The third kappa shape index (κ3) is 5.25. The molecule has 0 saturated heterocycles. The van der Waals surface area contributed by atoms with Crippen LogP contribution < -0.4 is 10.2 Å². The Balaban J connectivity index is 1.60. The van der Waals surface area contributed by atoms with E-state index in [0.717, 1.165) is 60.3 Å². The van der Waals surface area contributed by atoms with Crippen molar-refractivity contribution in [2.45, 2.75) is 26.2 Å². The van der Waals surface area contributed by atoms with Gasteiger partial charge in [0, 0.05) is 57.2 Å². The number of anilines is 1. The molecule has 0 spiro atoms. The van der Waals surface area contributed by atoms with Gasteiger partial charge in [-0.2, -0.15) is 0 Å². The summed E-state index contributed by atoms with van der Waals surface area (Å²) in [4.78, 5) is 16.4. The lowest BCUT2D eigenvalue weighted by Gasteiger charge is -2.40. The first-order valence-corrected chi connectivity index (χ1v) is 14.0. The van der Waals surface area contributed by atoms with Gasteiger partial charge in [-0.15, -0.1) is 0 Å². The second kappa shape index (κ2) is 10.1. The maximum Gasteiger partial charge on any atom is 0.188 e. The van der Waals surface area contributed by atoms with E-state index in [0.29, 0.717) is 0 Å². The molecule has 0 fully saturated rings. The summed E-state index contributed by atoms with van der Waals surface area (Å²) in [7, 11) is 4.06. The van der Waals surface area contributed by atoms with Crippen LogP contribution in [0.2, 0.25) is 0 Å². The molecular weight excluding hydrogens is 588 g/mol. The molecule has 1 atom stereocenters. The van der Waals surface area contributed by atoms with Gasteiger partial charge in [-0.25, -0.2) is 0 Å². The minimum Gasteiger partial charge on any atom is -0.378 e. The number of benzene rings is 3. The quantitative estimate of drug-likeness (QED) is 0.299. The third-order valence-electron chi connectivity index (χ3n) is 7.20. The summed E-state index contributed by atoms with van der Waals surface area (Å²) in [6.45, 7) is 4.34. The van der Waals surface area contributed by atoms with E-state index in [2.05, 4.69) is 129 Å². The molecule has 37 heavy (non-hydrogen) atoms. The number of hydrogen-bond acceptors (Lipinski definition) is 3. The Morgan fingerprint density at radius 3 is 2.08 bits per heavy atom. The molecule has 3 aromatic carbocycles. The zero-order valence-electron chi connectivity index (χ0n) is 21.5. The number of carbonyl (C=O) groups is 1. The predicted octanol–water partition coefficient (Wildman–Crippen LogP) is 8.34. The molecule has 3 nitrogen and oxygen atoms in total. The average molecular weight is 618 g/mol. The average Bonchev–Trinajstić information content (AvgIpc) is 2.86. The van der Waals surface area contributed by atoms with Crippen molar-refractivity contribution in [3.63, 3.8) is 0 Å². The van der Waals surface area contributed by atoms with Crippen LogP contribution in [0, 0.1) is 5.41 Å². The van der Waals surface area contributed by atoms with Gasteiger partial charge in [0.1, 0.15) is 0 Å². The summed E-state index contributed by atoms with van der Waals surface area (Å²) in [5.74, 6) is -0.0134. The number of nitrogens with one attached hydrogen (secondary N) is 1. The van der Waals surface area contributed by atoms with Gasteiger partial charge in [0.2, 0.25) is 0 Å². The molecular formula is C32H30Br2N2O. The number of dihydropyridines is 1. The van der Waals surface area contributed by atoms with Crippen molar-refractivity contribution < 1.29 is 4.79 Å². The van der Waals surface area contributed by atoms with E-state index in [-0.39, 0.29) is 17.1 Å². The Morgan fingerprint density at radius 2 is 1.49 bits per heavy atom. The Bertz CT molecular complexity index is 1430. The van der Waals surface area contributed by atoms with Crippen LogP contribution in [0.3, 0.4) is 0 Å². The highest BCUT2D eigenvalue weighted by Gasteiger charge is 2.42. The van der Waals surface area contributed by atoms with Gasteiger partial charge in [0.05, 0.1) is 0 Å². The molecule has 0 aromatic heterocycles. The fourth-order valence-corrected chi connectivity index (χ4v) is 5.67. The Kier molecular flexibility index (Phi) is 7.03. The highest BCUT2D eigenvalue weighted by molar-refractivity contribution is 9.10. The fraction of sp³-hybridized carbons (Fsp3) is 0.219. The fourth-order valence-electron chi connectivity index (χ4n) is 5.14. The van der Waals surface area contributed by atoms with Crippen molar-refractivity contribution in [2.24, 2.45) is 5.41 Å². The van der Waals surface area contributed by atoms with E-state index >= 15 is 0 Å². The lowest BCUT2D eigenvalue weighted by Crippen LogP contribution is -2.37. The number of halogens is 2. The highest BCUT2D eigenvalue weighted by atomic mass is 79.9. The van der Waals surface area contributed by atoms with Gasteiger partial charge in [0.15, 0.2) is 5.78 Å². The summed E-state index contributed by atoms with van der Waals surface area (Å²) in [5, 5.41) is 3.66. The second-order valence-corrected chi connectivity index (χ2v) is 12.4. The minimum absolute atomic E-state index is 0.120. The van der Waals surface area contributed by atoms with Gasteiger partial charge in [-0.3, -0.25) is 4.79 Å². The molecule has 5 rings (SSSR count). The molecule has 0 saturated carbocycles. The van der Waals surface area contributed by atoms with Gasteiger partial charge in [0.25, 0.3) is 0 Å². The lowest BCUT2D eigenvalue weighted by atomic mass is 9.67. The SMILES string of the molecule is CN(C)c1ccc(/C=C2\C(=O)C3=C(CC2(C)C)NC(c2ccc(Br)cc2)=CC3c2ccc(Br)cc2)cc1. The van der Waals surface area contributed by atoms with Gasteiger partial charge in [-0.05, 0) is 77.1 Å². The maximum absolute atomic E-state index is 14.3. The molecule has 2 aliphatic rings. The van der Waals surface area contributed by atoms with Crippen LogP contribution in [0.1, 0.15) is 42.9 Å². The molecule has 1 aliphatic carbocycles.